The second kappa shape index (κ2) is 7.66. The van der Waals surface area contributed by atoms with Crippen LogP contribution in [0.1, 0.15) is 36.1 Å². The Kier molecular flexibility index (Phi) is 6.11. The zero-order valence-electron chi connectivity index (χ0n) is 13.1. The fourth-order valence-corrected chi connectivity index (χ4v) is 4.57. The second-order valence-corrected chi connectivity index (χ2v) is 7.71. The highest BCUT2D eigenvalue weighted by atomic mass is 35.5. The van der Waals surface area contributed by atoms with E-state index >= 15 is 0 Å². The summed E-state index contributed by atoms with van der Waals surface area (Å²) in [7, 11) is 1.76. The lowest BCUT2D eigenvalue weighted by molar-refractivity contribution is 0.297. The number of aliphatic hydroxyl groups excluding tert-OH is 1. The molecule has 3 atom stereocenters. The number of aliphatic hydroxyl groups is 1. The highest BCUT2D eigenvalue weighted by molar-refractivity contribution is 7.16. The van der Waals surface area contributed by atoms with Gasteiger partial charge in [0, 0.05) is 42.5 Å². The summed E-state index contributed by atoms with van der Waals surface area (Å²) < 4.78 is 0.784. The summed E-state index contributed by atoms with van der Waals surface area (Å²) in [6.07, 6.45) is 4.36. The second-order valence-electron chi connectivity index (χ2n) is 6.00. The van der Waals surface area contributed by atoms with Crippen LogP contribution in [0.5, 0.6) is 0 Å². The van der Waals surface area contributed by atoms with Crippen LogP contribution < -0.4 is 16.9 Å². The van der Waals surface area contributed by atoms with E-state index < -0.39 is 0 Å². The van der Waals surface area contributed by atoms with Crippen molar-refractivity contribution < 1.29 is 5.11 Å². The van der Waals surface area contributed by atoms with Gasteiger partial charge in [-0.25, -0.2) is 5.84 Å². The lowest BCUT2D eigenvalue weighted by atomic mass is 9.84. The number of piperidine rings is 1. The summed E-state index contributed by atoms with van der Waals surface area (Å²) in [6.45, 7) is 2.31. The van der Waals surface area contributed by atoms with Gasteiger partial charge in [0.2, 0.25) is 0 Å². The standard InChI is InChI=1S/C15H25ClN4OS/c1-9-5-11(6-13(19-9)12(17)8-20(2)18)15-10(3-4-21)7-14(16)22-15/h7-9,11,13,19,21H,3-6,17-18H2,1-2H3/b12-8-. The highest BCUT2D eigenvalue weighted by Gasteiger charge is 2.30. The molecule has 1 aromatic heterocycles. The van der Waals surface area contributed by atoms with Crippen LogP contribution in [-0.4, -0.2) is 35.9 Å². The van der Waals surface area contributed by atoms with Gasteiger partial charge in [-0.2, -0.15) is 0 Å². The molecule has 1 saturated heterocycles. The maximum Gasteiger partial charge on any atom is 0.0934 e. The van der Waals surface area contributed by atoms with E-state index in [0.717, 1.165) is 28.4 Å². The highest BCUT2D eigenvalue weighted by Crippen LogP contribution is 2.40. The third-order valence-electron chi connectivity index (χ3n) is 3.96. The largest absolute Gasteiger partial charge is 0.400 e. The summed E-state index contributed by atoms with van der Waals surface area (Å²) in [6, 6.07) is 2.44. The molecule has 1 aromatic rings. The number of thiophene rings is 1. The van der Waals surface area contributed by atoms with E-state index in [0.29, 0.717) is 18.4 Å². The van der Waals surface area contributed by atoms with E-state index in [2.05, 4.69) is 12.2 Å². The van der Waals surface area contributed by atoms with Crippen LogP contribution in [0.15, 0.2) is 18.0 Å². The van der Waals surface area contributed by atoms with Crippen molar-refractivity contribution in [2.24, 2.45) is 11.6 Å². The van der Waals surface area contributed by atoms with Crippen molar-refractivity contribution in [1.29, 1.82) is 0 Å². The van der Waals surface area contributed by atoms with Gasteiger partial charge in [0.25, 0.3) is 0 Å². The number of rotatable bonds is 5. The van der Waals surface area contributed by atoms with E-state index in [9.17, 15) is 5.11 Å². The van der Waals surface area contributed by atoms with E-state index in [1.165, 1.54) is 9.89 Å². The molecule has 7 heteroatoms. The van der Waals surface area contributed by atoms with Gasteiger partial charge >= 0.3 is 0 Å². The number of hydrogen-bond donors (Lipinski definition) is 4. The first-order valence-electron chi connectivity index (χ1n) is 7.50. The normalized spacial score (nSPS) is 26.2. The van der Waals surface area contributed by atoms with Crippen LogP contribution in [0, 0.1) is 0 Å². The minimum absolute atomic E-state index is 0.0996. The van der Waals surface area contributed by atoms with Crippen molar-refractivity contribution in [2.45, 2.75) is 44.2 Å². The maximum absolute atomic E-state index is 9.24. The van der Waals surface area contributed by atoms with Gasteiger partial charge in [0.05, 0.1) is 4.34 Å². The molecule has 2 heterocycles. The van der Waals surface area contributed by atoms with Crippen molar-refractivity contribution in [3.05, 3.63) is 32.7 Å². The maximum atomic E-state index is 9.24. The smallest absolute Gasteiger partial charge is 0.0934 e. The Morgan fingerprint density at radius 1 is 1.59 bits per heavy atom. The molecule has 6 N–H and O–H groups in total. The van der Waals surface area contributed by atoms with Gasteiger partial charge in [0.15, 0.2) is 0 Å². The Labute approximate surface area is 140 Å². The van der Waals surface area contributed by atoms with Gasteiger partial charge in [0.1, 0.15) is 0 Å². The average Bonchev–Trinajstić information content (AvgIpc) is 2.78. The van der Waals surface area contributed by atoms with Gasteiger partial charge in [-0.15, -0.1) is 11.3 Å². The molecule has 1 aliphatic rings. The van der Waals surface area contributed by atoms with Crippen molar-refractivity contribution in [2.75, 3.05) is 13.7 Å². The third-order valence-corrected chi connectivity index (χ3v) is 5.43. The molecular weight excluding hydrogens is 320 g/mol. The summed E-state index contributed by atoms with van der Waals surface area (Å²) in [5, 5.41) is 14.2. The van der Waals surface area contributed by atoms with Crippen LogP contribution >= 0.6 is 22.9 Å². The van der Waals surface area contributed by atoms with Crippen molar-refractivity contribution >= 4 is 22.9 Å². The number of hydrogen-bond acceptors (Lipinski definition) is 6. The van der Waals surface area contributed by atoms with E-state index in [1.807, 2.05) is 6.07 Å². The van der Waals surface area contributed by atoms with Crippen LogP contribution in [0.25, 0.3) is 0 Å². The Bertz CT molecular complexity index is 532. The topological polar surface area (TPSA) is 87.5 Å². The number of nitrogens with two attached hydrogens (primary N) is 2. The zero-order chi connectivity index (χ0) is 16.3. The lowest BCUT2D eigenvalue weighted by Crippen LogP contribution is -2.46. The SMILES string of the molecule is CC1CC(c2sc(Cl)cc2CCO)CC(/C(N)=C/N(C)N)N1. The van der Waals surface area contributed by atoms with Gasteiger partial charge in [-0.05, 0) is 43.7 Å². The summed E-state index contributed by atoms with van der Waals surface area (Å²) in [5.74, 6) is 6.05. The first kappa shape index (κ1) is 17.6. The predicted molar refractivity (Wildman–Crippen MR) is 92.7 cm³/mol. The minimum Gasteiger partial charge on any atom is -0.400 e. The summed E-state index contributed by atoms with van der Waals surface area (Å²) >= 11 is 7.81. The number of nitrogens with zero attached hydrogens (tertiary/aromatic N) is 1. The molecule has 1 fully saturated rings. The van der Waals surface area contributed by atoms with Crippen molar-refractivity contribution in [3.8, 4) is 0 Å². The summed E-state index contributed by atoms with van der Waals surface area (Å²) in [4.78, 5) is 1.28. The summed E-state index contributed by atoms with van der Waals surface area (Å²) in [5.41, 5.74) is 8.07. The zero-order valence-corrected chi connectivity index (χ0v) is 14.6. The molecule has 1 aliphatic heterocycles. The molecule has 3 unspecified atom stereocenters. The van der Waals surface area contributed by atoms with E-state index in [4.69, 9.17) is 23.2 Å². The minimum atomic E-state index is 0.0996. The lowest BCUT2D eigenvalue weighted by Gasteiger charge is -2.35. The van der Waals surface area contributed by atoms with Crippen LogP contribution in [0.2, 0.25) is 4.34 Å². The molecule has 22 heavy (non-hydrogen) atoms. The molecule has 0 radical (unpaired) electrons. The molecule has 0 spiro atoms. The molecular formula is C15H25ClN4OS. The van der Waals surface area contributed by atoms with Crippen LogP contribution in [0.3, 0.4) is 0 Å². The van der Waals surface area contributed by atoms with Crippen LogP contribution in [0.4, 0.5) is 0 Å². The fourth-order valence-electron chi connectivity index (χ4n) is 3.13. The van der Waals surface area contributed by atoms with E-state index in [1.54, 1.807) is 24.6 Å². The number of halogens is 1. The quantitative estimate of drug-likeness (QED) is 0.483. The Morgan fingerprint density at radius 2 is 2.32 bits per heavy atom. The van der Waals surface area contributed by atoms with Crippen molar-refractivity contribution in [1.82, 2.24) is 10.3 Å². The molecule has 0 amide bonds. The van der Waals surface area contributed by atoms with E-state index in [-0.39, 0.29) is 12.6 Å². The third kappa shape index (κ3) is 4.36. The molecule has 124 valence electrons. The number of hydrazine groups is 1. The molecule has 0 saturated carbocycles. The first-order valence-corrected chi connectivity index (χ1v) is 8.69. The molecule has 0 bridgehead atoms. The number of nitrogens with one attached hydrogen (secondary N) is 1. The Balaban J connectivity index is 2.21. The Hall–Kier alpha value is -0.790. The molecule has 5 nitrogen and oxygen atoms in total. The molecule has 0 aliphatic carbocycles. The van der Waals surface area contributed by atoms with Gasteiger partial charge in [-0.3, -0.25) is 0 Å². The van der Waals surface area contributed by atoms with Gasteiger partial charge < -0.3 is 21.2 Å². The average molecular weight is 345 g/mol. The monoisotopic (exact) mass is 344 g/mol. The van der Waals surface area contributed by atoms with Gasteiger partial charge in [-0.1, -0.05) is 11.6 Å². The first-order chi connectivity index (χ1) is 10.4. The van der Waals surface area contributed by atoms with Crippen molar-refractivity contribution in [3.63, 3.8) is 0 Å². The molecule has 0 aromatic carbocycles. The predicted octanol–water partition coefficient (Wildman–Crippen LogP) is 1.77. The fraction of sp³-hybridized carbons (Fsp3) is 0.600. The Morgan fingerprint density at radius 3 is 2.95 bits per heavy atom. The molecule has 2 rings (SSSR count). The van der Waals surface area contributed by atoms with Crippen LogP contribution in [-0.2, 0) is 6.42 Å².